The molecule has 1 aromatic carbocycles. The van der Waals surface area contributed by atoms with E-state index in [1.54, 1.807) is 22.8 Å². The standard InChI is InChI=1S/C17H18FN3O2S/c1-2-13-7-16(23)21-14(10-24-17(21)20-13)8-15(22)19-9-11-3-5-12(18)6-4-11/h3-7,14H,2,8-10H2,1H3,(H,19,22)/t14-/m0/s1. The highest BCUT2D eigenvalue weighted by molar-refractivity contribution is 7.99. The fraction of sp³-hybridized carbons (Fsp3) is 0.353. The van der Waals surface area contributed by atoms with Crippen molar-refractivity contribution >= 4 is 17.7 Å². The van der Waals surface area contributed by atoms with Crippen LogP contribution in [0.15, 0.2) is 40.3 Å². The molecule has 5 nitrogen and oxygen atoms in total. The van der Waals surface area contributed by atoms with Crippen molar-refractivity contribution in [1.82, 2.24) is 14.9 Å². The van der Waals surface area contributed by atoms with Crippen molar-refractivity contribution in [3.63, 3.8) is 0 Å². The molecule has 0 saturated heterocycles. The average Bonchev–Trinajstić information content (AvgIpc) is 2.97. The van der Waals surface area contributed by atoms with E-state index in [1.807, 2.05) is 6.92 Å². The summed E-state index contributed by atoms with van der Waals surface area (Å²) >= 11 is 1.51. The molecule has 126 valence electrons. The Kier molecular flexibility index (Phi) is 4.99. The number of benzene rings is 1. The maximum atomic E-state index is 12.9. The molecule has 1 N–H and O–H groups in total. The summed E-state index contributed by atoms with van der Waals surface area (Å²) in [5.41, 5.74) is 1.51. The highest BCUT2D eigenvalue weighted by atomic mass is 32.2. The highest BCUT2D eigenvalue weighted by Crippen LogP contribution is 2.31. The maximum absolute atomic E-state index is 12.9. The van der Waals surface area contributed by atoms with Gasteiger partial charge in [0.25, 0.3) is 5.56 Å². The summed E-state index contributed by atoms with van der Waals surface area (Å²) < 4.78 is 14.5. The van der Waals surface area contributed by atoms with Crippen molar-refractivity contribution in [2.75, 3.05) is 5.75 Å². The molecule has 0 aliphatic carbocycles. The van der Waals surface area contributed by atoms with Crippen LogP contribution >= 0.6 is 11.8 Å². The van der Waals surface area contributed by atoms with Crippen molar-refractivity contribution in [3.8, 4) is 0 Å². The third kappa shape index (κ3) is 3.67. The number of rotatable bonds is 5. The molecule has 0 spiro atoms. The van der Waals surface area contributed by atoms with Crippen LogP contribution in [0, 0.1) is 5.82 Å². The fourth-order valence-electron chi connectivity index (χ4n) is 2.62. The Balaban J connectivity index is 1.63. The van der Waals surface area contributed by atoms with Gasteiger partial charge in [0.2, 0.25) is 5.91 Å². The molecular formula is C17H18FN3O2S. The minimum absolute atomic E-state index is 0.0989. The number of hydrogen-bond donors (Lipinski definition) is 1. The lowest BCUT2D eigenvalue weighted by molar-refractivity contribution is -0.121. The smallest absolute Gasteiger partial charge is 0.254 e. The van der Waals surface area contributed by atoms with Gasteiger partial charge in [0.05, 0.1) is 6.04 Å². The number of amides is 1. The van der Waals surface area contributed by atoms with Gasteiger partial charge >= 0.3 is 0 Å². The Bertz CT molecular complexity index is 804. The van der Waals surface area contributed by atoms with E-state index < -0.39 is 0 Å². The third-order valence-corrected chi connectivity index (χ3v) is 5.03. The number of carbonyl (C=O) groups excluding carboxylic acids is 1. The van der Waals surface area contributed by atoms with Crippen LogP contribution in [0.25, 0.3) is 0 Å². The molecule has 0 bridgehead atoms. The number of aryl methyl sites for hydroxylation is 1. The number of carbonyl (C=O) groups is 1. The Morgan fingerprint density at radius 2 is 2.17 bits per heavy atom. The molecule has 3 rings (SSSR count). The number of aromatic nitrogens is 2. The van der Waals surface area contributed by atoms with Crippen LogP contribution in [0.3, 0.4) is 0 Å². The van der Waals surface area contributed by atoms with E-state index in [1.165, 1.54) is 23.9 Å². The first-order chi connectivity index (χ1) is 11.6. The number of halogens is 1. The number of nitrogens with one attached hydrogen (secondary N) is 1. The first-order valence-corrected chi connectivity index (χ1v) is 8.81. The normalized spacial score (nSPS) is 16.0. The second kappa shape index (κ2) is 7.17. The summed E-state index contributed by atoms with van der Waals surface area (Å²) in [7, 11) is 0. The number of thioether (sulfide) groups is 1. The molecule has 2 aromatic rings. The Morgan fingerprint density at radius 1 is 1.42 bits per heavy atom. The molecule has 1 amide bonds. The second-order valence-corrected chi connectivity index (χ2v) is 6.65. The number of nitrogens with zero attached hydrogens (tertiary/aromatic N) is 2. The summed E-state index contributed by atoms with van der Waals surface area (Å²) in [6.45, 7) is 2.30. The molecule has 0 unspecified atom stereocenters. The van der Waals surface area contributed by atoms with E-state index in [0.717, 1.165) is 11.3 Å². The van der Waals surface area contributed by atoms with Crippen LogP contribution in [0.1, 0.15) is 30.6 Å². The predicted octanol–water partition coefficient (Wildman–Crippen LogP) is 2.30. The minimum Gasteiger partial charge on any atom is -0.352 e. The monoisotopic (exact) mass is 347 g/mol. The minimum atomic E-state index is -0.303. The fourth-order valence-corrected chi connectivity index (χ4v) is 3.79. The van der Waals surface area contributed by atoms with Gasteiger partial charge < -0.3 is 5.32 Å². The van der Waals surface area contributed by atoms with E-state index in [9.17, 15) is 14.0 Å². The Hall–Kier alpha value is -2.15. The Labute approximate surface area is 143 Å². The molecule has 7 heteroatoms. The zero-order chi connectivity index (χ0) is 17.1. The van der Waals surface area contributed by atoms with Gasteiger partial charge in [0, 0.05) is 30.5 Å². The largest absolute Gasteiger partial charge is 0.352 e. The first kappa shape index (κ1) is 16.7. The molecule has 1 atom stereocenters. The maximum Gasteiger partial charge on any atom is 0.254 e. The van der Waals surface area contributed by atoms with Crippen molar-refractivity contribution in [3.05, 3.63) is 57.8 Å². The number of fused-ring (bicyclic) bond motifs is 1. The summed E-state index contributed by atoms with van der Waals surface area (Å²) in [6, 6.07) is 7.36. The molecular weight excluding hydrogens is 329 g/mol. The lowest BCUT2D eigenvalue weighted by Gasteiger charge is -2.13. The molecule has 24 heavy (non-hydrogen) atoms. The molecule has 0 radical (unpaired) electrons. The van der Waals surface area contributed by atoms with Crippen LogP contribution in [-0.2, 0) is 17.8 Å². The summed E-state index contributed by atoms with van der Waals surface area (Å²) in [4.78, 5) is 28.8. The van der Waals surface area contributed by atoms with Gasteiger partial charge in [-0.05, 0) is 24.1 Å². The molecule has 0 saturated carbocycles. The van der Waals surface area contributed by atoms with Gasteiger partial charge in [0.15, 0.2) is 5.16 Å². The van der Waals surface area contributed by atoms with Gasteiger partial charge in [-0.1, -0.05) is 30.8 Å². The summed E-state index contributed by atoms with van der Waals surface area (Å²) in [5, 5.41) is 3.50. The third-order valence-electron chi connectivity index (χ3n) is 3.93. The van der Waals surface area contributed by atoms with Gasteiger partial charge in [-0.2, -0.15) is 0 Å². The van der Waals surface area contributed by atoms with Gasteiger partial charge in [-0.3, -0.25) is 14.2 Å². The zero-order valence-corrected chi connectivity index (χ0v) is 14.1. The lowest BCUT2D eigenvalue weighted by Crippen LogP contribution is -2.30. The average molecular weight is 347 g/mol. The molecule has 2 heterocycles. The van der Waals surface area contributed by atoms with Crippen LogP contribution in [0.5, 0.6) is 0 Å². The van der Waals surface area contributed by atoms with Crippen molar-refractivity contribution < 1.29 is 9.18 Å². The van der Waals surface area contributed by atoms with E-state index in [4.69, 9.17) is 0 Å². The van der Waals surface area contributed by atoms with E-state index in [0.29, 0.717) is 23.9 Å². The topological polar surface area (TPSA) is 64.0 Å². The van der Waals surface area contributed by atoms with E-state index in [2.05, 4.69) is 10.3 Å². The predicted molar refractivity (Wildman–Crippen MR) is 90.5 cm³/mol. The second-order valence-electron chi connectivity index (χ2n) is 5.66. The molecule has 1 aliphatic heterocycles. The van der Waals surface area contributed by atoms with Crippen LogP contribution < -0.4 is 10.9 Å². The van der Waals surface area contributed by atoms with Crippen molar-refractivity contribution in [2.45, 2.75) is 37.5 Å². The van der Waals surface area contributed by atoms with E-state index in [-0.39, 0.29) is 29.7 Å². The highest BCUT2D eigenvalue weighted by Gasteiger charge is 2.27. The van der Waals surface area contributed by atoms with Gasteiger partial charge in [-0.15, -0.1) is 0 Å². The lowest BCUT2D eigenvalue weighted by atomic mass is 10.2. The Morgan fingerprint density at radius 3 is 2.88 bits per heavy atom. The summed E-state index contributed by atoms with van der Waals surface area (Å²) in [6.07, 6.45) is 0.945. The first-order valence-electron chi connectivity index (χ1n) is 7.83. The quantitative estimate of drug-likeness (QED) is 0.843. The molecule has 1 aromatic heterocycles. The van der Waals surface area contributed by atoms with Crippen molar-refractivity contribution in [1.29, 1.82) is 0 Å². The SMILES string of the molecule is CCc1cc(=O)n2c(n1)SC[C@@H]2CC(=O)NCc1ccc(F)cc1. The van der Waals surface area contributed by atoms with Crippen LogP contribution in [0.2, 0.25) is 0 Å². The summed E-state index contributed by atoms with van der Waals surface area (Å²) in [5.74, 6) is 0.228. The van der Waals surface area contributed by atoms with Crippen LogP contribution in [0.4, 0.5) is 4.39 Å². The zero-order valence-electron chi connectivity index (χ0n) is 13.3. The number of hydrogen-bond acceptors (Lipinski definition) is 4. The van der Waals surface area contributed by atoms with E-state index >= 15 is 0 Å². The van der Waals surface area contributed by atoms with Gasteiger partial charge in [0.1, 0.15) is 5.82 Å². The van der Waals surface area contributed by atoms with Crippen LogP contribution in [-0.4, -0.2) is 21.2 Å². The molecule has 1 aliphatic rings. The van der Waals surface area contributed by atoms with Gasteiger partial charge in [-0.25, -0.2) is 9.37 Å². The molecule has 0 fully saturated rings. The van der Waals surface area contributed by atoms with Crippen molar-refractivity contribution in [2.24, 2.45) is 0 Å².